The van der Waals surface area contributed by atoms with Gasteiger partial charge < -0.3 is 19.7 Å². The fraction of sp³-hybridized carbons (Fsp3) is 0.333. The summed E-state index contributed by atoms with van der Waals surface area (Å²) in [6.07, 6.45) is 1.71. The Kier molecular flexibility index (Phi) is 7.06. The lowest BCUT2D eigenvalue weighted by molar-refractivity contribution is -0.143. The first-order valence-electron chi connectivity index (χ1n) is 9.18. The van der Waals surface area contributed by atoms with E-state index in [1.807, 2.05) is 30.3 Å². The molecule has 0 radical (unpaired) electrons. The van der Waals surface area contributed by atoms with Crippen LogP contribution in [0.5, 0.6) is 5.75 Å². The predicted molar refractivity (Wildman–Crippen MR) is 110 cm³/mol. The molecule has 0 aliphatic carbocycles. The number of anilines is 1. The number of halogens is 1. The average molecular weight is 447 g/mol. The molecule has 2 aromatic rings. The summed E-state index contributed by atoms with van der Waals surface area (Å²) in [6.45, 7) is 1.35. The summed E-state index contributed by atoms with van der Waals surface area (Å²) in [5, 5.41) is 2.69. The van der Waals surface area contributed by atoms with Crippen molar-refractivity contribution in [2.45, 2.75) is 18.9 Å². The van der Waals surface area contributed by atoms with Crippen LogP contribution in [0.15, 0.2) is 53.0 Å². The topological polar surface area (TPSA) is 67.9 Å². The third kappa shape index (κ3) is 4.91. The van der Waals surface area contributed by atoms with Gasteiger partial charge in [-0.15, -0.1) is 0 Å². The van der Waals surface area contributed by atoms with E-state index >= 15 is 0 Å². The molecule has 6 nitrogen and oxygen atoms in total. The van der Waals surface area contributed by atoms with Gasteiger partial charge in [-0.1, -0.05) is 40.2 Å². The largest absolute Gasteiger partial charge is 0.489 e. The van der Waals surface area contributed by atoms with Crippen LogP contribution < -0.4 is 10.1 Å². The molecule has 148 valence electrons. The number of carbonyl (C=O) groups is 2. The Morgan fingerprint density at radius 3 is 2.79 bits per heavy atom. The lowest BCUT2D eigenvalue weighted by Gasteiger charge is -2.25. The van der Waals surface area contributed by atoms with E-state index in [2.05, 4.69) is 21.2 Å². The number of nitrogens with one attached hydrogen (secondary N) is 1. The van der Waals surface area contributed by atoms with Crippen LogP contribution in [0.25, 0.3) is 0 Å². The number of nitrogens with zero attached hydrogens (tertiary/aromatic N) is 1. The smallest absolute Gasteiger partial charge is 0.314 e. The molecule has 1 aliphatic rings. The number of para-hydroxylation sites is 2. The average Bonchev–Trinajstić information content (AvgIpc) is 3.18. The van der Waals surface area contributed by atoms with Crippen LogP contribution in [0, 0.1) is 0 Å². The minimum absolute atomic E-state index is 0.0936. The van der Waals surface area contributed by atoms with Gasteiger partial charge in [0.05, 0.1) is 18.3 Å². The standard InChI is InChI=1S/C21H23BrN2O4/c1-27-12-13-28-19-10-3-2-8-17(19)23-20(25)21(26)24-11-5-9-18(24)15-6-4-7-16(22)14-15/h2-4,6-8,10,14,18H,5,9,11-13H2,1H3,(H,23,25)/t18-/m0/s1. The maximum Gasteiger partial charge on any atom is 0.314 e. The molecule has 1 atom stereocenters. The van der Waals surface area contributed by atoms with E-state index in [1.165, 1.54) is 0 Å². The fourth-order valence-corrected chi connectivity index (χ4v) is 3.72. The highest BCUT2D eigenvalue weighted by Crippen LogP contribution is 2.33. The summed E-state index contributed by atoms with van der Waals surface area (Å²) < 4.78 is 11.5. The van der Waals surface area contributed by atoms with Gasteiger partial charge in [-0.3, -0.25) is 9.59 Å². The zero-order valence-electron chi connectivity index (χ0n) is 15.7. The summed E-state index contributed by atoms with van der Waals surface area (Å²) in [7, 11) is 1.59. The predicted octanol–water partition coefficient (Wildman–Crippen LogP) is 3.78. The molecule has 2 aromatic carbocycles. The number of rotatable bonds is 6. The summed E-state index contributed by atoms with van der Waals surface area (Å²) in [5.74, 6) is -0.690. The van der Waals surface area contributed by atoms with Gasteiger partial charge in [-0.2, -0.15) is 0 Å². The van der Waals surface area contributed by atoms with Crippen LogP contribution in [0.4, 0.5) is 5.69 Å². The lowest BCUT2D eigenvalue weighted by Crippen LogP contribution is -2.39. The van der Waals surface area contributed by atoms with Crippen molar-refractivity contribution in [3.05, 3.63) is 58.6 Å². The quantitative estimate of drug-likeness (QED) is 0.541. The minimum Gasteiger partial charge on any atom is -0.489 e. The van der Waals surface area contributed by atoms with Crippen molar-refractivity contribution >= 4 is 33.4 Å². The normalized spacial score (nSPS) is 16.1. The SMILES string of the molecule is COCCOc1ccccc1NC(=O)C(=O)N1CCC[C@H]1c1cccc(Br)c1. The van der Waals surface area contributed by atoms with Gasteiger partial charge in [-0.25, -0.2) is 0 Å². The van der Waals surface area contributed by atoms with E-state index in [0.717, 1.165) is 22.9 Å². The van der Waals surface area contributed by atoms with Crippen LogP contribution in [-0.2, 0) is 14.3 Å². The molecule has 1 N–H and O–H groups in total. The Morgan fingerprint density at radius 2 is 2.00 bits per heavy atom. The van der Waals surface area contributed by atoms with Crippen LogP contribution in [0.2, 0.25) is 0 Å². The Hall–Kier alpha value is -2.38. The van der Waals surface area contributed by atoms with Crippen LogP contribution in [0.3, 0.4) is 0 Å². The molecule has 0 bridgehead atoms. The maximum atomic E-state index is 12.8. The monoisotopic (exact) mass is 446 g/mol. The zero-order valence-corrected chi connectivity index (χ0v) is 17.3. The first-order valence-corrected chi connectivity index (χ1v) is 9.97. The highest BCUT2D eigenvalue weighted by Gasteiger charge is 2.33. The number of hydrogen-bond acceptors (Lipinski definition) is 4. The van der Waals surface area contributed by atoms with Gasteiger partial charge >= 0.3 is 11.8 Å². The molecule has 0 spiro atoms. The van der Waals surface area contributed by atoms with Crippen LogP contribution in [-0.4, -0.2) is 43.6 Å². The molecular formula is C21H23BrN2O4. The Bertz CT molecular complexity index is 843. The Morgan fingerprint density at radius 1 is 1.18 bits per heavy atom. The zero-order chi connectivity index (χ0) is 19.9. The maximum absolute atomic E-state index is 12.8. The van der Waals surface area contributed by atoms with Crippen molar-refractivity contribution in [1.82, 2.24) is 4.90 Å². The van der Waals surface area contributed by atoms with Crippen molar-refractivity contribution in [3.8, 4) is 5.75 Å². The molecule has 1 aliphatic heterocycles. The summed E-state index contributed by atoms with van der Waals surface area (Å²) in [5.41, 5.74) is 1.49. The molecule has 3 rings (SSSR count). The van der Waals surface area contributed by atoms with Crippen molar-refractivity contribution < 1.29 is 19.1 Å². The third-order valence-electron chi connectivity index (χ3n) is 4.62. The lowest BCUT2D eigenvalue weighted by atomic mass is 10.0. The molecular weight excluding hydrogens is 424 g/mol. The molecule has 0 saturated carbocycles. The summed E-state index contributed by atoms with van der Waals surface area (Å²) in [4.78, 5) is 27.1. The fourth-order valence-electron chi connectivity index (χ4n) is 3.31. The summed E-state index contributed by atoms with van der Waals surface area (Å²) in [6, 6.07) is 14.8. The molecule has 0 aromatic heterocycles. The van der Waals surface area contributed by atoms with E-state index in [1.54, 1.807) is 30.2 Å². The van der Waals surface area contributed by atoms with Crippen molar-refractivity contribution in [2.24, 2.45) is 0 Å². The second-order valence-corrected chi connectivity index (χ2v) is 7.42. The number of benzene rings is 2. The van der Waals surface area contributed by atoms with Crippen LogP contribution in [0.1, 0.15) is 24.4 Å². The Balaban J connectivity index is 1.70. The Labute approximate surface area is 172 Å². The van der Waals surface area contributed by atoms with Crippen molar-refractivity contribution in [3.63, 3.8) is 0 Å². The van der Waals surface area contributed by atoms with E-state index in [4.69, 9.17) is 9.47 Å². The second-order valence-electron chi connectivity index (χ2n) is 6.50. The van der Waals surface area contributed by atoms with E-state index < -0.39 is 11.8 Å². The van der Waals surface area contributed by atoms with Gasteiger partial charge in [0, 0.05) is 18.1 Å². The molecule has 1 saturated heterocycles. The molecule has 2 amide bonds. The summed E-state index contributed by atoms with van der Waals surface area (Å²) >= 11 is 3.47. The van der Waals surface area contributed by atoms with Gasteiger partial charge in [0.15, 0.2) is 0 Å². The third-order valence-corrected chi connectivity index (χ3v) is 5.11. The number of methoxy groups -OCH3 is 1. The number of likely N-dealkylation sites (tertiary alicyclic amines) is 1. The van der Waals surface area contributed by atoms with Gasteiger partial charge in [0.2, 0.25) is 0 Å². The molecule has 28 heavy (non-hydrogen) atoms. The highest BCUT2D eigenvalue weighted by atomic mass is 79.9. The van der Waals surface area contributed by atoms with Crippen LogP contribution >= 0.6 is 15.9 Å². The first-order chi connectivity index (χ1) is 13.6. The van der Waals surface area contributed by atoms with E-state index in [-0.39, 0.29) is 6.04 Å². The second kappa shape index (κ2) is 9.71. The van der Waals surface area contributed by atoms with E-state index in [0.29, 0.717) is 31.2 Å². The first kappa shape index (κ1) is 20.4. The molecule has 0 unspecified atom stereocenters. The molecule has 1 heterocycles. The number of carbonyl (C=O) groups excluding carboxylic acids is 2. The highest BCUT2D eigenvalue weighted by molar-refractivity contribution is 9.10. The molecule has 1 fully saturated rings. The molecule has 7 heteroatoms. The number of ether oxygens (including phenoxy) is 2. The van der Waals surface area contributed by atoms with Gasteiger partial charge in [0.25, 0.3) is 0 Å². The van der Waals surface area contributed by atoms with Gasteiger partial charge in [-0.05, 0) is 42.7 Å². The van der Waals surface area contributed by atoms with E-state index in [9.17, 15) is 9.59 Å². The minimum atomic E-state index is -0.662. The number of amides is 2. The van der Waals surface area contributed by atoms with Gasteiger partial charge in [0.1, 0.15) is 12.4 Å². The van der Waals surface area contributed by atoms with Crippen molar-refractivity contribution in [2.75, 3.05) is 32.2 Å². The number of hydrogen-bond donors (Lipinski definition) is 1. The van der Waals surface area contributed by atoms with Crippen molar-refractivity contribution in [1.29, 1.82) is 0 Å².